The maximum absolute atomic E-state index is 13.6. The monoisotopic (exact) mass is 517 g/mol. The molecule has 0 atom stereocenters. The largest absolute Gasteiger partial charge is 0.494 e. The molecule has 0 saturated heterocycles. The van der Waals surface area contributed by atoms with Gasteiger partial charge < -0.3 is 15.0 Å². The van der Waals surface area contributed by atoms with Gasteiger partial charge in [0.25, 0.3) is 0 Å². The molecular formula is C29H29F2N5O2. The van der Waals surface area contributed by atoms with Crippen LogP contribution in [-0.4, -0.2) is 46.3 Å². The number of amides is 2. The Bertz CT molecular complexity index is 1440. The van der Waals surface area contributed by atoms with Crippen LogP contribution in [0.4, 0.5) is 19.3 Å². The number of halogens is 2. The Labute approximate surface area is 220 Å². The molecule has 2 heterocycles. The number of hydrogen-bond donors (Lipinski definition) is 1. The second-order valence-electron chi connectivity index (χ2n) is 9.34. The van der Waals surface area contributed by atoms with Crippen LogP contribution in [0.2, 0.25) is 0 Å². The third-order valence-electron chi connectivity index (χ3n) is 6.66. The topological polar surface area (TPSA) is 62.6 Å². The zero-order chi connectivity index (χ0) is 26.6. The summed E-state index contributed by atoms with van der Waals surface area (Å²) in [4.78, 5) is 16.7. The fourth-order valence-electron chi connectivity index (χ4n) is 4.74. The first-order chi connectivity index (χ1) is 18.4. The summed E-state index contributed by atoms with van der Waals surface area (Å²) < 4.78 is 34.5. The number of benzene rings is 3. The van der Waals surface area contributed by atoms with E-state index < -0.39 is 5.82 Å². The first-order valence-electron chi connectivity index (χ1n) is 12.4. The van der Waals surface area contributed by atoms with Crippen molar-refractivity contribution in [3.8, 4) is 11.4 Å². The van der Waals surface area contributed by atoms with Crippen LogP contribution in [0, 0.1) is 11.6 Å². The number of carbonyl (C=O) groups excluding carboxylic acids is 1. The van der Waals surface area contributed by atoms with Crippen molar-refractivity contribution in [3.63, 3.8) is 0 Å². The first kappa shape index (κ1) is 25.4. The van der Waals surface area contributed by atoms with Gasteiger partial charge in [0, 0.05) is 44.4 Å². The van der Waals surface area contributed by atoms with Gasteiger partial charge in [-0.2, -0.15) is 5.10 Å². The van der Waals surface area contributed by atoms with Gasteiger partial charge in [0.05, 0.1) is 25.0 Å². The van der Waals surface area contributed by atoms with E-state index in [0.29, 0.717) is 24.5 Å². The Kier molecular flexibility index (Phi) is 7.37. The number of hydrogen-bond acceptors (Lipinski definition) is 4. The Hall–Kier alpha value is -4.24. The number of para-hydroxylation sites is 2. The fraction of sp³-hybridized carbons (Fsp3) is 0.241. The van der Waals surface area contributed by atoms with E-state index in [1.54, 1.807) is 38.4 Å². The van der Waals surface area contributed by atoms with Crippen LogP contribution in [0.15, 0.2) is 72.8 Å². The van der Waals surface area contributed by atoms with Crippen molar-refractivity contribution < 1.29 is 18.3 Å². The minimum absolute atomic E-state index is 0.255. The zero-order valence-corrected chi connectivity index (χ0v) is 21.3. The third-order valence-corrected chi connectivity index (χ3v) is 6.66. The van der Waals surface area contributed by atoms with Crippen LogP contribution in [0.25, 0.3) is 5.69 Å². The van der Waals surface area contributed by atoms with Gasteiger partial charge in [-0.15, -0.1) is 0 Å². The predicted molar refractivity (Wildman–Crippen MR) is 141 cm³/mol. The van der Waals surface area contributed by atoms with Gasteiger partial charge >= 0.3 is 6.03 Å². The maximum Gasteiger partial charge on any atom is 0.321 e. The molecule has 4 aromatic rings. The summed E-state index contributed by atoms with van der Waals surface area (Å²) in [7, 11) is 3.31. The molecule has 38 heavy (non-hydrogen) atoms. The van der Waals surface area contributed by atoms with Crippen molar-refractivity contribution >= 4 is 11.7 Å². The van der Waals surface area contributed by atoms with Gasteiger partial charge in [-0.3, -0.25) is 4.90 Å². The Morgan fingerprint density at radius 3 is 2.61 bits per heavy atom. The molecule has 0 saturated carbocycles. The molecule has 0 radical (unpaired) electrons. The fourth-order valence-corrected chi connectivity index (χ4v) is 4.74. The summed E-state index contributed by atoms with van der Waals surface area (Å²) in [6.07, 6.45) is 0.751. The number of nitrogens with one attached hydrogen (secondary N) is 1. The SMILES string of the molecule is COc1ccccc1-n1nc(CN(C)C(=O)Nc2cccc(F)c2)c2c1CCN(Cc1ccc(F)cc1)C2. The van der Waals surface area contributed by atoms with E-state index in [-0.39, 0.29) is 18.4 Å². The molecule has 0 fully saturated rings. The number of nitrogens with zero attached hydrogens (tertiary/aromatic N) is 4. The van der Waals surface area contributed by atoms with Crippen molar-refractivity contribution in [3.05, 3.63) is 107 Å². The minimum Gasteiger partial charge on any atom is -0.494 e. The lowest BCUT2D eigenvalue weighted by Gasteiger charge is -2.28. The average molecular weight is 518 g/mol. The smallest absolute Gasteiger partial charge is 0.321 e. The number of anilines is 1. The molecule has 2 amide bonds. The molecule has 1 aliphatic heterocycles. The van der Waals surface area contributed by atoms with Crippen molar-refractivity contribution in [2.45, 2.75) is 26.1 Å². The predicted octanol–water partition coefficient (Wildman–Crippen LogP) is 5.38. The summed E-state index contributed by atoms with van der Waals surface area (Å²) in [5.74, 6) is 0.0289. The summed E-state index contributed by atoms with van der Waals surface area (Å²) >= 11 is 0. The Morgan fingerprint density at radius 2 is 1.84 bits per heavy atom. The lowest BCUT2D eigenvalue weighted by molar-refractivity contribution is 0.218. The van der Waals surface area contributed by atoms with Gasteiger partial charge in [0.2, 0.25) is 0 Å². The molecule has 9 heteroatoms. The van der Waals surface area contributed by atoms with Crippen molar-refractivity contribution in [1.82, 2.24) is 19.6 Å². The van der Waals surface area contributed by atoms with Gasteiger partial charge in [-0.1, -0.05) is 30.3 Å². The molecule has 0 unspecified atom stereocenters. The van der Waals surface area contributed by atoms with Crippen LogP contribution in [0.3, 0.4) is 0 Å². The van der Waals surface area contributed by atoms with E-state index in [1.807, 2.05) is 28.9 Å². The number of fused-ring (bicyclic) bond motifs is 1. The van der Waals surface area contributed by atoms with Crippen LogP contribution in [0.1, 0.15) is 22.5 Å². The van der Waals surface area contributed by atoms with Gasteiger partial charge in [0.15, 0.2) is 0 Å². The number of rotatable bonds is 7. The van der Waals surface area contributed by atoms with Gasteiger partial charge in [-0.05, 0) is 48.0 Å². The molecule has 1 N–H and O–H groups in total. The number of methoxy groups -OCH3 is 1. The highest BCUT2D eigenvalue weighted by molar-refractivity contribution is 5.89. The standard InChI is InChI=1S/C29H29F2N5O2/c1-34(29(37)32-23-7-5-6-22(31)16-23)19-25-24-18-35(17-20-10-12-21(30)13-11-20)15-14-26(24)36(33-25)27-8-3-4-9-28(27)38-2/h3-13,16H,14-15,17-19H2,1-2H3,(H,32,37). The van der Waals surface area contributed by atoms with Gasteiger partial charge in [-0.25, -0.2) is 18.3 Å². The maximum atomic E-state index is 13.6. The quantitative estimate of drug-likeness (QED) is 0.358. The van der Waals surface area contributed by atoms with E-state index in [2.05, 4.69) is 10.2 Å². The second-order valence-corrected chi connectivity index (χ2v) is 9.34. The van der Waals surface area contributed by atoms with Crippen LogP contribution >= 0.6 is 0 Å². The molecule has 1 aliphatic rings. The molecule has 0 bridgehead atoms. The molecule has 7 nitrogen and oxygen atoms in total. The van der Waals surface area contributed by atoms with Gasteiger partial charge in [0.1, 0.15) is 23.1 Å². The zero-order valence-electron chi connectivity index (χ0n) is 21.3. The van der Waals surface area contributed by atoms with Crippen molar-refractivity contribution in [1.29, 1.82) is 0 Å². The van der Waals surface area contributed by atoms with E-state index in [9.17, 15) is 13.6 Å². The summed E-state index contributed by atoms with van der Waals surface area (Å²) in [6.45, 7) is 2.38. The Morgan fingerprint density at radius 1 is 1.05 bits per heavy atom. The lowest BCUT2D eigenvalue weighted by atomic mass is 10.0. The van der Waals surface area contributed by atoms with Crippen molar-refractivity contribution in [2.24, 2.45) is 0 Å². The molecule has 0 spiro atoms. The number of aromatic nitrogens is 2. The highest BCUT2D eigenvalue weighted by atomic mass is 19.1. The lowest BCUT2D eigenvalue weighted by Crippen LogP contribution is -2.33. The van der Waals surface area contributed by atoms with E-state index in [1.165, 1.54) is 29.2 Å². The number of carbonyl (C=O) groups is 1. The first-order valence-corrected chi connectivity index (χ1v) is 12.4. The second kappa shape index (κ2) is 11.0. The van der Waals surface area contributed by atoms with E-state index >= 15 is 0 Å². The van der Waals surface area contributed by atoms with Crippen LogP contribution in [0.5, 0.6) is 5.75 Å². The molecular weight excluding hydrogens is 488 g/mol. The molecule has 196 valence electrons. The summed E-state index contributed by atoms with van der Waals surface area (Å²) in [6, 6.07) is 19.7. The van der Waals surface area contributed by atoms with Crippen molar-refractivity contribution in [2.75, 3.05) is 26.0 Å². The molecule has 5 rings (SSSR count). The van der Waals surface area contributed by atoms with Crippen LogP contribution < -0.4 is 10.1 Å². The minimum atomic E-state index is -0.420. The molecule has 1 aromatic heterocycles. The summed E-state index contributed by atoms with van der Waals surface area (Å²) in [5, 5.41) is 7.68. The summed E-state index contributed by atoms with van der Waals surface area (Å²) in [5.41, 5.74) is 5.13. The van der Waals surface area contributed by atoms with Crippen LogP contribution in [-0.2, 0) is 26.1 Å². The highest BCUT2D eigenvalue weighted by Crippen LogP contribution is 2.30. The molecule has 0 aliphatic carbocycles. The normalized spacial score (nSPS) is 13.2. The van der Waals surface area contributed by atoms with E-state index in [4.69, 9.17) is 9.84 Å². The number of urea groups is 1. The van der Waals surface area contributed by atoms with E-state index in [0.717, 1.165) is 41.2 Å². The highest BCUT2D eigenvalue weighted by Gasteiger charge is 2.28. The molecule has 3 aromatic carbocycles. The third kappa shape index (κ3) is 5.52. The Balaban J connectivity index is 1.43. The average Bonchev–Trinajstić information content (AvgIpc) is 3.27. The number of ether oxygens (including phenoxy) is 1.